The van der Waals surface area contributed by atoms with Crippen molar-refractivity contribution in [3.05, 3.63) is 47.5 Å². The number of carbonyl (C=O) groups excluding carboxylic acids is 1. The van der Waals surface area contributed by atoms with Crippen LogP contribution in [0.5, 0.6) is 17.2 Å². The number of amides is 1. The van der Waals surface area contributed by atoms with Gasteiger partial charge in [-0.25, -0.2) is 0 Å². The van der Waals surface area contributed by atoms with Crippen molar-refractivity contribution in [2.24, 2.45) is 0 Å². The third kappa shape index (κ3) is 5.07. The highest BCUT2D eigenvalue weighted by Crippen LogP contribution is 2.39. The van der Waals surface area contributed by atoms with Gasteiger partial charge in [-0.15, -0.1) is 10.2 Å². The Kier molecular flexibility index (Phi) is 7.24. The summed E-state index contributed by atoms with van der Waals surface area (Å²) in [5, 5.41) is 12.3. The molecule has 2 aromatic carbocycles. The summed E-state index contributed by atoms with van der Waals surface area (Å²) in [6.07, 6.45) is 0. The van der Waals surface area contributed by atoms with E-state index in [9.17, 15) is 4.79 Å². The topological polar surface area (TPSA) is 82.6 Å². The average molecular weight is 428 g/mol. The molecule has 0 aliphatic rings. The van der Waals surface area contributed by atoms with E-state index in [1.807, 2.05) is 52.0 Å². The molecule has 0 saturated carbocycles. The number of carbonyl (C=O) groups is 1. The maximum absolute atomic E-state index is 12.9. The van der Waals surface area contributed by atoms with Gasteiger partial charge in [0.05, 0.1) is 19.8 Å². The van der Waals surface area contributed by atoms with Crippen LogP contribution in [0.2, 0.25) is 0 Å². The highest BCUT2D eigenvalue weighted by Gasteiger charge is 2.19. The van der Waals surface area contributed by atoms with Gasteiger partial charge in [-0.3, -0.25) is 10.1 Å². The predicted octanol–water partition coefficient (Wildman–Crippen LogP) is 4.96. The summed E-state index contributed by atoms with van der Waals surface area (Å²) in [6.45, 7) is 8.98. The smallest absolute Gasteiger partial charge is 0.257 e. The molecule has 3 rings (SSSR count). The predicted molar refractivity (Wildman–Crippen MR) is 118 cm³/mol. The van der Waals surface area contributed by atoms with Gasteiger partial charge in [-0.2, -0.15) is 0 Å². The molecule has 7 nitrogen and oxygen atoms in total. The Balaban J connectivity index is 1.86. The van der Waals surface area contributed by atoms with Gasteiger partial charge in [0.15, 0.2) is 11.5 Å². The molecular weight excluding hydrogens is 402 g/mol. The fourth-order valence-electron chi connectivity index (χ4n) is 2.86. The van der Waals surface area contributed by atoms with Crippen molar-refractivity contribution >= 4 is 22.4 Å². The molecule has 0 aliphatic carbocycles. The van der Waals surface area contributed by atoms with Crippen molar-refractivity contribution in [3.63, 3.8) is 0 Å². The molecule has 0 fully saturated rings. The molecule has 30 heavy (non-hydrogen) atoms. The zero-order valence-electron chi connectivity index (χ0n) is 17.5. The lowest BCUT2D eigenvalue weighted by Gasteiger charge is -2.16. The lowest BCUT2D eigenvalue weighted by atomic mass is 10.1. The van der Waals surface area contributed by atoms with Crippen LogP contribution in [0.4, 0.5) is 5.13 Å². The van der Waals surface area contributed by atoms with Crippen LogP contribution in [0.3, 0.4) is 0 Å². The lowest BCUT2D eigenvalue weighted by Crippen LogP contribution is -2.13. The van der Waals surface area contributed by atoms with E-state index in [0.717, 1.165) is 16.1 Å². The van der Waals surface area contributed by atoms with E-state index in [0.29, 0.717) is 47.8 Å². The number of nitrogens with zero attached hydrogens (tertiary/aromatic N) is 2. The van der Waals surface area contributed by atoms with Gasteiger partial charge in [0.25, 0.3) is 5.91 Å². The zero-order valence-corrected chi connectivity index (χ0v) is 18.3. The Labute approximate surface area is 180 Å². The second-order valence-corrected chi connectivity index (χ2v) is 7.31. The number of hydrogen-bond acceptors (Lipinski definition) is 7. The van der Waals surface area contributed by atoms with Gasteiger partial charge in [0, 0.05) is 11.1 Å². The number of benzene rings is 2. The molecule has 1 N–H and O–H groups in total. The summed E-state index contributed by atoms with van der Waals surface area (Å²) in [4.78, 5) is 12.9. The van der Waals surface area contributed by atoms with Crippen LogP contribution >= 0.6 is 11.3 Å². The number of anilines is 1. The molecule has 0 unspecified atom stereocenters. The van der Waals surface area contributed by atoms with Crippen molar-refractivity contribution in [2.75, 3.05) is 25.1 Å². The number of hydrogen-bond donors (Lipinski definition) is 1. The molecule has 1 aromatic heterocycles. The van der Waals surface area contributed by atoms with Crippen LogP contribution < -0.4 is 19.5 Å². The van der Waals surface area contributed by atoms with Crippen LogP contribution in [0.25, 0.3) is 10.6 Å². The van der Waals surface area contributed by atoms with Crippen LogP contribution in [0.15, 0.2) is 36.4 Å². The Hall–Kier alpha value is -3.13. The van der Waals surface area contributed by atoms with Crippen LogP contribution in [-0.2, 0) is 0 Å². The summed E-state index contributed by atoms with van der Waals surface area (Å²) < 4.78 is 17.0. The Morgan fingerprint density at radius 2 is 1.63 bits per heavy atom. The van der Waals surface area contributed by atoms with Gasteiger partial charge in [0.1, 0.15) is 5.01 Å². The molecular formula is C22H25N3O4S. The molecule has 8 heteroatoms. The first-order valence-corrected chi connectivity index (χ1v) is 10.7. The first-order chi connectivity index (χ1) is 14.5. The maximum Gasteiger partial charge on any atom is 0.257 e. The minimum absolute atomic E-state index is 0.327. The molecule has 0 spiro atoms. The van der Waals surface area contributed by atoms with Gasteiger partial charge in [-0.05, 0) is 45.9 Å². The Bertz CT molecular complexity index is 992. The second-order valence-electron chi connectivity index (χ2n) is 6.34. The number of aromatic nitrogens is 2. The number of ether oxygens (including phenoxy) is 3. The molecule has 1 amide bonds. The third-order valence-electron chi connectivity index (χ3n) is 4.08. The van der Waals surface area contributed by atoms with Crippen LogP contribution in [0, 0.1) is 6.92 Å². The van der Waals surface area contributed by atoms with Crippen LogP contribution in [-0.4, -0.2) is 35.9 Å². The number of aryl methyl sites for hydroxylation is 1. The summed E-state index contributed by atoms with van der Waals surface area (Å²) in [5.41, 5.74) is 2.48. The largest absolute Gasteiger partial charge is 0.490 e. The summed E-state index contributed by atoms with van der Waals surface area (Å²) in [7, 11) is 0. The van der Waals surface area contributed by atoms with E-state index < -0.39 is 0 Å². The maximum atomic E-state index is 12.9. The first kappa shape index (κ1) is 21.6. The molecule has 0 saturated heterocycles. The SMILES string of the molecule is CCOc1cc(C(=O)Nc2nnc(-c3cccc(C)c3)s2)cc(OCC)c1OCC. The van der Waals surface area contributed by atoms with Gasteiger partial charge >= 0.3 is 0 Å². The van der Waals surface area contributed by atoms with Crippen molar-refractivity contribution < 1.29 is 19.0 Å². The quantitative estimate of drug-likeness (QED) is 0.520. The molecule has 0 aliphatic heterocycles. The molecule has 0 bridgehead atoms. The minimum atomic E-state index is -0.327. The molecule has 158 valence electrons. The van der Waals surface area contributed by atoms with Gasteiger partial charge < -0.3 is 14.2 Å². The van der Waals surface area contributed by atoms with Gasteiger partial charge in [-0.1, -0.05) is 35.1 Å². The van der Waals surface area contributed by atoms with Crippen molar-refractivity contribution in [1.82, 2.24) is 10.2 Å². The lowest BCUT2D eigenvalue weighted by molar-refractivity contribution is 0.102. The zero-order chi connectivity index (χ0) is 21.5. The summed E-state index contributed by atoms with van der Waals surface area (Å²) in [6, 6.07) is 11.3. The first-order valence-electron chi connectivity index (χ1n) is 9.84. The molecule has 0 radical (unpaired) electrons. The molecule has 0 atom stereocenters. The third-order valence-corrected chi connectivity index (χ3v) is 4.97. The summed E-state index contributed by atoms with van der Waals surface area (Å²) >= 11 is 1.32. The van der Waals surface area contributed by atoms with E-state index in [1.165, 1.54) is 11.3 Å². The van der Waals surface area contributed by atoms with E-state index in [4.69, 9.17) is 14.2 Å². The highest BCUT2D eigenvalue weighted by molar-refractivity contribution is 7.18. The fourth-order valence-corrected chi connectivity index (χ4v) is 3.59. The Morgan fingerprint density at radius 1 is 0.967 bits per heavy atom. The Morgan fingerprint density at radius 3 is 2.23 bits per heavy atom. The van der Waals surface area contributed by atoms with E-state index in [1.54, 1.807) is 12.1 Å². The monoisotopic (exact) mass is 427 g/mol. The number of nitrogens with one attached hydrogen (secondary N) is 1. The standard InChI is InChI=1S/C22H25N3O4S/c1-5-27-17-12-16(13-18(28-6-2)19(17)29-7-3)20(26)23-22-25-24-21(30-22)15-10-8-9-14(4)11-15/h8-13H,5-7H2,1-4H3,(H,23,25,26). The van der Waals surface area contributed by atoms with Crippen molar-refractivity contribution in [1.29, 1.82) is 0 Å². The normalized spacial score (nSPS) is 10.5. The van der Waals surface area contributed by atoms with Crippen LogP contribution in [0.1, 0.15) is 36.7 Å². The van der Waals surface area contributed by atoms with Crippen molar-refractivity contribution in [2.45, 2.75) is 27.7 Å². The second kappa shape index (κ2) is 10.1. The summed E-state index contributed by atoms with van der Waals surface area (Å²) in [5.74, 6) is 1.10. The number of rotatable bonds is 9. The fraction of sp³-hybridized carbons (Fsp3) is 0.318. The average Bonchev–Trinajstić information content (AvgIpc) is 3.19. The molecule has 1 heterocycles. The van der Waals surface area contributed by atoms with Crippen molar-refractivity contribution in [3.8, 4) is 27.8 Å². The minimum Gasteiger partial charge on any atom is -0.490 e. The van der Waals surface area contributed by atoms with Gasteiger partial charge in [0.2, 0.25) is 10.9 Å². The van der Waals surface area contributed by atoms with E-state index >= 15 is 0 Å². The molecule has 3 aromatic rings. The van der Waals surface area contributed by atoms with E-state index in [-0.39, 0.29) is 5.91 Å². The van der Waals surface area contributed by atoms with E-state index in [2.05, 4.69) is 15.5 Å². The highest BCUT2D eigenvalue weighted by atomic mass is 32.1.